The molecule has 0 aliphatic rings. The molecule has 0 spiro atoms. The van der Waals surface area contributed by atoms with Crippen molar-refractivity contribution in [3.8, 4) is 0 Å². The van der Waals surface area contributed by atoms with Crippen LogP contribution in [0.4, 0.5) is 0 Å². The summed E-state index contributed by atoms with van der Waals surface area (Å²) in [7, 11) is 0. The fourth-order valence-corrected chi connectivity index (χ4v) is 2.74. The second-order valence-corrected chi connectivity index (χ2v) is 7.37. The van der Waals surface area contributed by atoms with Gasteiger partial charge in [-0.25, -0.2) is 9.78 Å². The number of carbonyl (C=O) groups excluding carboxylic acids is 3. The van der Waals surface area contributed by atoms with Crippen molar-refractivity contribution in [2.24, 2.45) is 11.7 Å². The van der Waals surface area contributed by atoms with Crippen molar-refractivity contribution in [3.63, 3.8) is 0 Å². The first-order valence-electron chi connectivity index (χ1n) is 10.1. The van der Waals surface area contributed by atoms with Gasteiger partial charge < -0.3 is 36.9 Å². The Hall–Kier alpha value is -3.48. The van der Waals surface area contributed by atoms with E-state index in [9.17, 15) is 29.1 Å². The van der Waals surface area contributed by atoms with Crippen molar-refractivity contribution in [1.29, 1.82) is 0 Å². The number of hydrogen-bond acceptors (Lipinski definition) is 7. The number of aromatic nitrogens is 2. The fourth-order valence-electron chi connectivity index (χ4n) is 2.74. The first kappa shape index (κ1) is 26.6. The molecule has 0 bridgehead atoms. The molecule has 0 aliphatic carbocycles. The van der Waals surface area contributed by atoms with Gasteiger partial charge in [0.25, 0.3) is 0 Å². The van der Waals surface area contributed by atoms with Gasteiger partial charge in [0, 0.05) is 24.7 Å². The number of hydrogen-bond donors (Lipinski definition) is 7. The first-order chi connectivity index (χ1) is 15.0. The number of nitrogens with zero attached hydrogens (tertiary/aromatic N) is 1. The lowest BCUT2D eigenvalue weighted by atomic mass is 9.99. The number of carboxylic acid groups (broad SMARTS) is 2. The van der Waals surface area contributed by atoms with Crippen LogP contribution in [0.25, 0.3) is 0 Å². The number of carbonyl (C=O) groups is 5. The molecule has 0 saturated heterocycles. The zero-order chi connectivity index (χ0) is 24.3. The van der Waals surface area contributed by atoms with E-state index in [-0.39, 0.29) is 18.8 Å². The molecular formula is C19H30N6O7. The number of imidazole rings is 1. The van der Waals surface area contributed by atoms with Gasteiger partial charge in [-0.05, 0) is 12.3 Å². The van der Waals surface area contributed by atoms with Gasteiger partial charge in [0.15, 0.2) is 0 Å². The highest BCUT2D eigenvalue weighted by atomic mass is 16.4. The van der Waals surface area contributed by atoms with Crippen LogP contribution in [-0.4, -0.2) is 74.5 Å². The van der Waals surface area contributed by atoms with Gasteiger partial charge in [-0.15, -0.1) is 0 Å². The molecule has 0 aliphatic heterocycles. The van der Waals surface area contributed by atoms with Crippen molar-refractivity contribution in [2.75, 3.05) is 6.54 Å². The SMILES string of the molecule is CCC(C)C(NC(=O)CNC(=O)C(CCC(=O)O)NC(=O)C(N)Cc1cnc[nH]1)C(=O)O. The van der Waals surface area contributed by atoms with E-state index in [1.165, 1.54) is 12.5 Å². The number of amides is 3. The summed E-state index contributed by atoms with van der Waals surface area (Å²) in [6, 6.07) is -3.39. The molecule has 3 amide bonds. The van der Waals surface area contributed by atoms with Gasteiger partial charge in [0.1, 0.15) is 12.1 Å². The normalized spacial score (nSPS) is 14.5. The van der Waals surface area contributed by atoms with Crippen LogP contribution in [0.3, 0.4) is 0 Å². The van der Waals surface area contributed by atoms with Crippen LogP contribution < -0.4 is 21.7 Å². The number of aromatic amines is 1. The van der Waals surface area contributed by atoms with Gasteiger partial charge in [-0.1, -0.05) is 20.3 Å². The Morgan fingerprint density at radius 3 is 2.38 bits per heavy atom. The van der Waals surface area contributed by atoms with E-state index in [4.69, 9.17) is 10.8 Å². The Kier molecular flexibility index (Phi) is 10.8. The number of rotatable bonds is 14. The molecule has 13 heteroatoms. The number of H-pyrrole nitrogens is 1. The van der Waals surface area contributed by atoms with E-state index in [0.717, 1.165) is 0 Å². The summed E-state index contributed by atoms with van der Waals surface area (Å²) in [5.74, 6) is -4.90. The van der Waals surface area contributed by atoms with E-state index < -0.39 is 60.8 Å². The zero-order valence-electron chi connectivity index (χ0n) is 18.0. The summed E-state index contributed by atoms with van der Waals surface area (Å²) >= 11 is 0. The largest absolute Gasteiger partial charge is 0.481 e. The summed E-state index contributed by atoms with van der Waals surface area (Å²) in [5.41, 5.74) is 6.43. The summed E-state index contributed by atoms with van der Waals surface area (Å²) in [6.07, 6.45) is 2.92. The summed E-state index contributed by atoms with van der Waals surface area (Å²) in [6.45, 7) is 2.90. The molecule has 4 atom stereocenters. The summed E-state index contributed by atoms with van der Waals surface area (Å²) < 4.78 is 0. The van der Waals surface area contributed by atoms with Crippen LogP contribution in [0.15, 0.2) is 12.5 Å². The first-order valence-corrected chi connectivity index (χ1v) is 10.1. The Labute approximate surface area is 184 Å². The zero-order valence-corrected chi connectivity index (χ0v) is 18.0. The average Bonchev–Trinajstić information content (AvgIpc) is 3.24. The number of aliphatic carboxylic acids is 2. The number of nitrogens with one attached hydrogen (secondary N) is 4. The number of carboxylic acids is 2. The van der Waals surface area contributed by atoms with Gasteiger partial charge >= 0.3 is 11.9 Å². The Morgan fingerprint density at radius 1 is 1.16 bits per heavy atom. The number of nitrogens with two attached hydrogens (primary N) is 1. The van der Waals surface area contributed by atoms with E-state index >= 15 is 0 Å². The maximum atomic E-state index is 12.5. The monoisotopic (exact) mass is 454 g/mol. The van der Waals surface area contributed by atoms with Gasteiger partial charge in [0.2, 0.25) is 17.7 Å². The highest BCUT2D eigenvalue weighted by Gasteiger charge is 2.27. The molecule has 4 unspecified atom stereocenters. The average molecular weight is 454 g/mol. The maximum absolute atomic E-state index is 12.5. The molecule has 8 N–H and O–H groups in total. The lowest BCUT2D eigenvalue weighted by Crippen LogP contribution is -2.54. The van der Waals surface area contributed by atoms with Crippen LogP contribution in [0.2, 0.25) is 0 Å². The van der Waals surface area contributed by atoms with Crippen molar-refractivity contribution in [1.82, 2.24) is 25.9 Å². The summed E-state index contributed by atoms with van der Waals surface area (Å²) in [5, 5.41) is 25.1. The molecule has 1 rings (SSSR count). The smallest absolute Gasteiger partial charge is 0.326 e. The summed E-state index contributed by atoms with van der Waals surface area (Å²) in [4.78, 5) is 65.7. The van der Waals surface area contributed by atoms with Crippen molar-refractivity contribution in [3.05, 3.63) is 18.2 Å². The predicted molar refractivity (Wildman–Crippen MR) is 111 cm³/mol. The molecule has 0 fully saturated rings. The Morgan fingerprint density at radius 2 is 1.84 bits per heavy atom. The Balaban J connectivity index is 2.69. The van der Waals surface area contributed by atoms with Crippen molar-refractivity contribution >= 4 is 29.7 Å². The van der Waals surface area contributed by atoms with E-state index in [1.54, 1.807) is 13.8 Å². The highest BCUT2D eigenvalue weighted by molar-refractivity contribution is 5.92. The topological polar surface area (TPSA) is 217 Å². The molecule has 178 valence electrons. The van der Waals surface area contributed by atoms with E-state index in [2.05, 4.69) is 25.9 Å². The van der Waals surface area contributed by atoms with Crippen molar-refractivity contribution in [2.45, 2.75) is 57.7 Å². The molecular weight excluding hydrogens is 424 g/mol. The van der Waals surface area contributed by atoms with Gasteiger partial charge in [-0.3, -0.25) is 19.2 Å². The van der Waals surface area contributed by atoms with Crippen LogP contribution in [0, 0.1) is 5.92 Å². The minimum absolute atomic E-state index is 0.119. The maximum Gasteiger partial charge on any atom is 0.326 e. The van der Waals surface area contributed by atoms with Crippen LogP contribution in [0.1, 0.15) is 38.8 Å². The van der Waals surface area contributed by atoms with Gasteiger partial charge in [-0.2, -0.15) is 0 Å². The van der Waals surface area contributed by atoms with Crippen LogP contribution >= 0.6 is 0 Å². The molecule has 1 aromatic rings. The molecule has 32 heavy (non-hydrogen) atoms. The quantitative estimate of drug-likeness (QED) is 0.171. The molecule has 0 saturated carbocycles. The third kappa shape index (κ3) is 9.12. The fraction of sp³-hybridized carbons (Fsp3) is 0.579. The highest BCUT2D eigenvalue weighted by Crippen LogP contribution is 2.07. The predicted octanol–water partition coefficient (Wildman–Crippen LogP) is -1.64. The molecule has 1 aromatic heterocycles. The van der Waals surface area contributed by atoms with E-state index in [0.29, 0.717) is 12.1 Å². The Bertz CT molecular complexity index is 798. The van der Waals surface area contributed by atoms with Crippen LogP contribution in [0.5, 0.6) is 0 Å². The molecule has 0 aromatic carbocycles. The second-order valence-electron chi connectivity index (χ2n) is 7.37. The molecule has 13 nitrogen and oxygen atoms in total. The standard InChI is InChI=1S/C19H30N6O7/c1-3-10(2)16(19(31)32)25-14(26)8-22-18(30)13(4-5-15(27)28)24-17(29)12(20)6-11-7-21-9-23-11/h7,9-10,12-13,16H,3-6,8,20H2,1-2H3,(H,21,23)(H,22,30)(H,24,29)(H,25,26)(H,27,28)(H,31,32). The van der Waals surface area contributed by atoms with Crippen molar-refractivity contribution < 1.29 is 34.2 Å². The molecule has 1 heterocycles. The minimum atomic E-state index is -1.25. The second kappa shape index (κ2) is 13.0. The van der Waals surface area contributed by atoms with Gasteiger partial charge in [0.05, 0.1) is 18.9 Å². The van der Waals surface area contributed by atoms with Crippen LogP contribution in [-0.2, 0) is 30.4 Å². The third-order valence-electron chi connectivity index (χ3n) is 4.83. The minimum Gasteiger partial charge on any atom is -0.481 e. The van der Waals surface area contributed by atoms with E-state index in [1.807, 2.05) is 0 Å². The molecule has 0 radical (unpaired) electrons. The lowest BCUT2D eigenvalue weighted by molar-refractivity contribution is -0.143. The lowest BCUT2D eigenvalue weighted by Gasteiger charge is -2.22. The third-order valence-corrected chi connectivity index (χ3v) is 4.83.